The van der Waals surface area contributed by atoms with Gasteiger partial charge in [-0.15, -0.1) is 0 Å². The number of fused-ring (bicyclic) bond motifs is 1. The van der Waals surface area contributed by atoms with Gasteiger partial charge in [0.2, 0.25) is 0 Å². The second-order valence-electron chi connectivity index (χ2n) is 4.34. The van der Waals surface area contributed by atoms with Crippen molar-refractivity contribution in [3.05, 3.63) is 43.1 Å². The molecule has 3 aromatic rings. The number of hydrogen-bond donors (Lipinski definition) is 0. The predicted octanol–water partition coefficient (Wildman–Crippen LogP) is 1.76. The van der Waals surface area contributed by atoms with Crippen LogP contribution in [0.15, 0.2) is 43.1 Å². The molecule has 0 saturated carbocycles. The number of rotatable bonds is 4. The molecule has 6 nitrogen and oxygen atoms in total. The van der Waals surface area contributed by atoms with Crippen LogP contribution >= 0.6 is 0 Å². The highest BCUT2D eigenvalue weighted by Gasteiger charge is 2.07. The van der Waals surface area contributed by atoms with Crippen LogP contribution in [0.2, 0.25) is 0 Å². The Morgan fingerprint density at radius 1 is 1.35 bits per heavy atom. The maximum atomic E-state index is 11.4. The molecule has 3 aromatic heterocycles. The fraction of sp³-hybridized carbons (Fsp3) is 0.214. The van der Waals surface area contributed by atoms with Crippen LogP contribution in [0, 0.1) is 0 Å². The summed E-state index contributed by atoms with van der Waals surface area (Å²) >= 11 is 0. The van der Waals surface area contributed by atoms with Gasteiger partial charge in [0.05, 0.1) is 12.8 Å². The highest BCUT2D eigenvalue weighted by atomic mass is 16.5. The van der Waals surface area contributed by atoms with Gasteiger partial charge in [-0.2, -0.15) is 5.10 Å². The number of esters is 1. The molecule has 0 aliphatic rings. The minimum absolute atomic E-state index is 0.124. The zero-order valence-corrected chi connectivity index (χ0v) is 11.1. The van der Waals surface area contributed by atoms with E-state index >= 15 is 0 Å². The van der Waals surface area contributed by atoms with E-state index < -0.39 is 0 Å². The van der Waals surface area contributed by atoms with Crippen LogP contribution in [0.1, 0.15) is 6.92 Å². The number of hydrogen-bond acceptors (Lipinski definition) is 4. The normalized spacial score (nSPS) is 10.8. The SMILES string of the molecule is CCOC(=O)Cn1cc(-c2ccn3ccnc3c2)cn1. The van der Waals surface area contributed by atoms with Crippen molar-refractivity contribution >= 4 is 11.6 Å². The summed E-state index contributed by atoms with van der Waals surface area (Å²) in [6.07, 6.45) is 9.15. The molecule has 102 valence electrons. The molecule has 0 N–H and O–H groups in total. The summed E-state index contributed by atoms with van der Waals surface area (Å²) in [7, 11) is 0. The first kappa shape index (κ1) is 12.4. The third-order valence-corrected chi connectivity index (χ3v) is 2.96. The average molecular weight is 270 g/mol. The van der Waals surface area contributed by atoms with Gasteiger partial charge in [0.1, 0.15) is 12.2 Å². The second-order valence-corrected chi connectivity index (χ2v) is 4.34. The number of carbonyl (C=O) groups excluding carboxylic acids is 1. The molecule has 0 saturated heterocycles. The van der Waals surface area contributed by atoms with Crippen LogP contribution in [0.25, 0.3) is 16.8 Å². The Labute approximate surface area is 115 Å². The van der Waals surface area contributed by atoms with E-state index in [0.717, 1.165) is 16.8 Å². The predicted molar refractivity (Wildman–Crippen MR) is 73.0 cm³/mol. The van der Waals surface area contributed by atoms with Crippen LogP contribution < -0.4 is 0 Å². The number of pyridine rings is 1. The first-order valence-corrected chi connectivity index (χ1v) is 6.37. The van der Waals surface area contributed by atoms with Crippen molar-refractivity contribution in [2.75, 3.05) is 6.61 Å². The van der Waals surface area contributed by atoms with Gasteiger partial charge in [-0.3, -0.25) is 9.48 Å². The molecule has 0 aliphatic carbocycles. The molecule has 0 radical (unpaired) electrons. The van der Waals surface area contributed by atoms with Crippen molar-refractivity contribution in [3.63, 3.8) is 0 Å². The molecule has 0 fully saturated rings. The Bertz CT molecular complexity index is 744. The van der Waals surface area contributed by atoms with Crippen molar-refractivity contribution in [3.8, 4) is 11.1 Å². The summed E-state index contributed by atoms with van der Waals surface area (Å²) in [5.41, 5.74) is 2.83. The minimum atomic E-state index is -0.286. The third kappa shape index (κ3) is 2.40. The quantitative estimate of drug-likeness (QED) is 0.678. The molecule has 0 bridgehead atoms. The Morgan fingerprint density at radius 2 is 2.25 bits per heavy atom. The van der Waals surface area contributed by atoms with Crippen molar-refractivity contribution in [2.24, 2.45) is 0 Å². The largest absolute Gasteiger partial charge is 0.465 e. The molecule has 0 atom stereocenters. The van der Waals surface area contributed by atoms with Crippen molar-refractivity contribution in [2.45, 2.75) is 13.5 Å². The summed E-state index contributed by atoms with van der Waals surface area (Å²) in [4.78, 5) is 15.6. The Balaban J connectivity index is 1.83. The first-order valence-electron chi connectivity index (χ1n) is 6.37. The molecule has 0 aliphatic heterocycles. The average Bonchev–Trinajstić information content (AvgIpc) is 3.06. The van der Waals surface area contributed by atoms with E-state index in [2.05, 4.69) is 10.1 Å². The van der Waals surface area contributed by atoms with Gasteiger partial charge in [0.15, 0.2) is 0 Å². The molecule has 20 heavy (non-hydrogen) atoms. The Hall–Kier alpha value is -2.63. The molecule has 0 unspecified atom stereocenters. The van der Waals surface area contributed by atoms with E-state index in [1.165, 1.54) is 0 Å². The number of nitrogens with zero attached hydrogens (tertiary/aromatic N) is 4. The summed E-state index contributed by atoms with van der Waals surface area (Å²) in [6.45, 7) is 2.29. The van der Waals surface area contributed by atoms with Gasteiger partial charge in [0, 0.05) is 30.4 Å². The van der Waals surface area contributed by atoms with Crippen LogP contribution in [0.5, 0.6) is 0 Å². The topological polar surface area (TPSA) is 61.4 Å². The van der Waals surface area contributed by atoms with Crippen molar-refractivity contribution in [1.82, 2.24) is 19.2 Å². The van der Waals surface area contributed by atoms with Gasteiger partial charge in [0.25, 0.3) is 0 Å². The lowest BCUT2D eigenvalue weighted by molar-refractivity contribution is -0.144. The summed E-state index contributed by atoms with van der Waals surface area (Å²) in [5, 5.41) is 4.17. The molecule has 3 heterocycles. The van der Waals surface area contributed by atoms with Gasteiger partial charge in [-0.05, 0) is 24.6 Å². The smallest absolute Gasteiger partial charge is 0.327 e. The Morgan fingerprint density at radius 3 is 3.10 bits per heavy atom. The highest BCUT2D eigenvalue weighted by molar-refractivity contribution is 5.70. The second kappa shape index (κ2) is 5.16. The van der Waals surface area contributed by atoms with Crippen molar-refractivity contribution < 1.29 is 9.53 Å². The van der Waals surface area contributed by atoms with E-state index in [4.69, 9.17) is 4.74 Å². The number of carbonyl (C=O) groups is 1. The van der Waals surface area contributed by atoms with Crippen LogP contribution in [-0.4, -0.2) is 31.7 Å². The zero-order valence-electron chi connectivity index (χ0n) is 11.1. The standard InChI is InChI=1S/C14H14N4O2/c1-2-20-14(19)10-18-9-12(8-16-18)11-3-5-17-6-4-15-13(17)7-11/h3-9H,2,10H2,1H3. The lowest BCUT2D eigenvalue weighted by atomic mass is 10.1. The fourth-order valence-electron chi connectivity index (χ4n) is 2.03. The molecule has 0 spiro atoms. The minimum Gasteiger partial charge on any atom is -0.465 e. The molecular formula is C14H14N4O2. The third-order valence-electron chi connectivity index (χ3n) is 2.96. The maximum absolute atomic E-state index is 11.4. The molecule has 6 heteroatoms. The molecule has 0 amide bonds. The molecule has 0 aromatic carbocycles. The summed E-state index contributed by atoms with van der Waals surface area (Å²) < 4.78 is 8.40. The van der Waals surface area contributed by atoms with Crippen molar-refractivity contribution in [1.29, 1.82) is 0 Å². The highest BCUT2D eigenvalue weighted by Crippen LogP contribution is 2.19. The van der Waals surface area contributed by atoms with Gasteiger partial charge >= 0.3 is 5.97 Å². The Kier molecular flexibility index (Phi) is 3.20. The van der Waals surface area contributed by atoms with E-state index in [1.807, 2.05) is 35.1 Å². The van der Waals surface area contributed by atoms with Crippen LogP contribution in [0.3, 0.4) is 0 Å². The number of aromatic nitrogens is 4. The molecule has 3 rings (SSSR count). The van der Waals surface area contributed by atoms with E-state index in [0.29, 0.717) is 6.61 Å². The fourth-order valence-corrected chi connectivity index (χ4v) is 2.03. The number of imidazole rings is 1. The van der Waals surface area contributed by atoms with Gasteiger partial charge < -0.3 is 9.14 Å². The summed E-state index contributed by atoms with van der Waals surface area (Å²) in [6, 6.07) is 3.96. The van der Waals surface area contributed by atoms with E-state index in [9.17, 15) is 4.79 Å². The van der Waals surface area contributed by atoms with Gasteiger partial charge in [-0.25, -0.2) is 4.98 Å². The monoisotopic (exact) mass is 270 g/mol. The van der Waals surface area contributed by atoms with Crippen LogP contribution in [-0.2, 0) is 16.1 Å². The summed E-state index contributed by atoms with van der Waals surface area (Å²) in [5.74, 6) is -0.286. The number of ether oxygens (including phenoxy) is 1. The molecular weight excluding hydrogens is 256 g/mol. The lowest BCUT2D eigenvalue weighted by Crippen LogP contribution is -2.13. The van der Waals surface area contributed by atoms with E-state index in [-0.39, 0.29) is 12.5 Å². The zero-order chi connectivity index (χ0) is 13.9. The lowest BCUT2D eigenvalue weighted by Gasteiger charge is -2.01. The van der Waals surface area contributed by atoms with Gasteiger partial charge in [-0.1, -0.05) is 0 Å². The van der Waals surface area contributed by atoms with E-state index in [1.54, 1.807) is 24.0 Å². The van der Waals surface area contributed by atoms with Crippen LogP contribution in [0.4, 0.5) is 0 Å². The first-order chi connectivity index (χ1) is 9.76. The maximum Gasteiger partial charge on any atom is 0.327 e.